The van der Waals surface area contributed by atoms with Crippen molar-refractivity contribution in [2.45, 2.75) is 78.6 Å². The summed E-state index contributed by atoms with van der Waals surface area (Å²) in [7, 11) is -4.24. The number of Topliss-reactive ketones (excluding diaryl/α,β-unsaturated/α-hetero) is 1. The van der Waals surface area contributed by atoms with E-state index in [2.05, 4.69) is 58.4 Å². The quantitative estimate of drug-likeness (QED) is 0.104. The maximum absolute atomic E-state index is 12.6. The number of aliphatic imine (C=N–C) groups is 1. The number of ketones is 1. The second-order valence-electron chi connectivity index (χ2n) is 9.61. The fourth-order valence-electron chi connectivity index (χ4n) is 3.87. The largest absolute Gasteiger partial charge is 2.00 e. The number of carbonyl (C=O) groups is 1. The van der Waals surface area contributed by atoms with E-state index in [-0.39, 0.29) is 26.2 Å². The number of halogens is 4. The standard InChI is InChI=1S/C21H25NO.C9H15O.BF4.Pd/c1-14(2)18-12-9-13-19(15(3)4)20(18)22-16(5)21(23)17-10-7-6-8-11-17;1-10-9-7-5-3-2-4-6-8-9;2-1(3,4)5;/h6-15H,1-5H3;2,7H,3-6,8H2,1H3;;/q;2*-1;+2/b;9-7+;;. The summed E-state index contributed by atoms with van der Waals surface area (Å²) in [5.41, 5.74) is 4.56. The molecule has 0 saturated carbocycles. The topological polar surface area (TPSA) is 38.7 Å². The van der Waals surface area contributed by atoms with Gasteiger partial charge >= 0.3 is 27.7 Å². The van der Waals surface area contributed by atoms with Gasteiger partial charge in [-0.05, 0) is 36.0 Å². The molecule has 0 bridgehead atoms. The first-order valence-corrected chi connectivity index (χ1v) is 13.0. The molecule has 218 valence electrons. The van der Waals surface area contributed by atoms with Crippen molar-refractivity contribution >= 4 is 24.4 Å². The van der Waals surface area contributed by atoms with Crippen LogP contribution in [0.15, 0.2) is 65.4 Å². The molecule has 0 heterocycles. The summed E-state index contributed by atoms with van der Waals surface area (Å²) in [4.78, 5) is 17.3. The smallest absolute Gasteiger partial charge is 0.501 e. The van der Waals surface area contributed by atoms with Gasteiger partial charge in [-0.3, -0.25) is 4.79 Å². The second kappa shape index (κ2) is 18.9. The van der Waals surface area contributed by atoms with Gasteiger partial charge in [0.25, 0.3) is 0 Å². The fourth-order valence-corrected chi connectivity index (χ4v) is 3.87. The maximum atomic E-state index is 12.6. The molecule has 0 aromatic heterocycles. The normalized spacial score (nSPS) is 15.3. The number of nitrogens with zero attached hydrogens (tertiary/aromatic N) is 1. The Morgan fingerprint density at radius 1 is 0.923 bits per heavy atom. The van der Waals surface area contributed by atoms with Crippen LogP contribution in [0, 0.1) is 6.42 Å². The molecule has 1 aliphatic carbocycles. The molecule has 0 radical (unpaired) electrons. The van der Waals surface area contributed by atoms with Gasteiger partial charge in [-0.25, -0.2) is 4.99 Å². The average Bonchev–Trinajstić information content (AvgIpc) is 2.83. The van der Waals surface area contributed by atoms with Crippen LogP contribution in [-0.2, 0) is 25.2 Å². The molecule has 0 fully saturated rings. The number of hydrogen-bond donors (Lipinski definition) is 0. The molecule has 9 heteroatoms. The Balaban J connectivity index is 0.000000746. The maximum Gasteiger partial charge on any atom is 2.00 e. The van der Waals surface area contributed by atoms with Crippen LogP contribution in [0.1, 0.15) is 100 Å². The first-order valence-electron chi connectivity index (χ1n) is 13.0. The van der Waals surface area contributed by atoms with E-state index in [9.17, 15) is 22.1 Å². The third-order valence-corrected chi connectivity index (χ3v) is 5.82. The molecule has 39 heavy (non-hydrogen) atoms. The first kappa shape index (κ1) is 36.8. The number of benzene rings is 2. The Morgan fingerprint density at radius 2 is 1.46 bits per heavy atom. The van der Waals surface area contributed by atoms with Crippen molar-refractivity contribution in [3.05, 3.63) is 83.5 Å². The molecule has 1 aliphatic rings. The molecule has 0 aliphatic heterocycles. The van der Waals surface area contributed by atoms with E-state index >= 15 is 0 Å². The zero-order chi connectivity index (χ0) is 28.7. The van der Waals surface area contributed by atoms with E-state index in [0.717, 1.165) is 18.5 Å². The van der Waals surface area contributed by atoms with E-state index < -0.39 is 7.25 Å². The third kappa shape index (κ3) is 15.2. The first-order chi connectivity index (χ1) is 17.8. The Kier molecular flexibility index (Phi) is 17.9. The van der Waals surface area contributed by atoms with Crippen LogP contribution in [0.25, 0.3) is 0 Å². The number of carbonyl (C=O) groups excluding carboxylic acids is 1. The number of methoxy groups -OCH3 is 1. The summed E-state index contributed by atoms with van der Waals surface area (Å²) < 4.78 is 44.2. The molecule has 0 N–H and O–H groups in total. The van der Waals surface area contributed by atoms with Crippen LogP contribution in [0.4, 0.5) is 23.0 Å². The molecule has 2 aromatic carbocycles. The molecule has 0 amide bonds. The van der Waals surface area contributed by atoms with Gasteiger partial charge in [-0.1, -0.05) is 89.1 Å². The summed E-state index contributed by atoms with van der Waals surface area (Å²) in [6, 6.07) is 15.6. The van der Waals surface area contributed by atoms with Crippen molar-refractivity contribution in [2.24, 2.45) is 4.99 Å². The summed E-state index contributed by atoms with van der Waals surface area (Å²) in [6.45, 7) is 10.4. The minimum atomic E-state index is -6.00. The fraction of sp³-hybridized carbons (Fsp3) is 0.433. The van der Waals surface area contributed by atoms with Crippen LogP contribution in [0.5, 0.6) is 0 Å². The molecule has 2 aromatic rings. The number of rotatable bonds is 6. The van der Waals surface area contributed by atoms with Gasteiger partial charge in [0.05, 0.1) is 24.3 Å². The van der Waals surface area contributed by atoms with E-state index in [1.165, 1.54) is 36.1 Å². The van der Waals surface area contributed by atoms with Crippen molar-refractivity contribution in [2.75, 3.05) is 7.11 Å². The summed E-state index contributed by atoms with van der Waals surface area (Å²) in [6.07, 6.45) is 10.6. The molecule has 0 spiro atoms. The monoisotopic (exact) mass is 639 g/mol. The zero-order valence-corrected chi connectivity index (χ0v) is 25.2. The van der Waals surface area contributed by atoms with Gasteiger partial charge in [0.15, 0.2) is 0 Å². The van der Waals surface area contributed by atoms with Crippen molar-refractivity contribution < 1.29 is 47.2 Å². The minimum absolute atomic E-state index is 0. The van der Waals surface area contributed by atoms with E-state index in [1.54, 1.807) is 14.0 Å². The summed E-state index contributed by atoms with van der Waals surface area (Å²) in [5, 5.41) is 0. The summed E-state index contributed by atoms with van der Waals surface area (Å²) in [5.74, 6) is 1.89. The Labute approximate surface area is 245 Å². The van der Waals surface area contributed by atoms with Gasteiger partial charge in [0, 0.05) is 12.0 Å². The molecular weight excluding hydrogens is 600 g/mol. The summed E-state index contributed by atoms with van der Waals surface area (Å²) >= 11 is 0. The molecule has 0 unspecified atom stereocenters. The number of para-hydroxylation sites is 1. The molecular formula is C30H40BF4NO2Pd. The zero-order valence-electron chi connectivity index (χ0n) is 23.6. The van der Waals surface area contributed by atoms with Gasteiger partial charge in [0.1, 0.15) is 0 Å². The average molecular weight is 640 g/mol. The van der Waals surface area contributed by atoms with Crippen LogP contribution in [-0.4, -0.2) is 25.9 Å². The van der Waals surface area contributed by atoms with E-state index in [0.29, 0.717) is 23.1 Å². The predicted molar refractivity (Wildman–Crippen MR) is 151 cm³/mol. The molecule has 0 atom stereocenters. The third-order valence-electron chi connectivity index (χ3n) is 5.82. The molecule has 3 rings (SSSR count). The van der Waals surface area contributed by atoms with Gasteiger partial charge in [-0.15, -0.1) is 0 Å². The minimum Gasteiger partial charge on any atom is -0.501 e. The Hall–Kier alpha value is -2.23. The SMILES string of the molecule is CC(=Nc1c(C(C)C)cccc1C(C)C)C(=O)c1ccccc1.CO/C1=C/CC[CH-]CCC1.F[B-](F)(F)F.[Pd+2]. The van der Waals surface area contributed by atoms with Crippen LogP contribution in [0.3, 0.4) is 0 Å². The van der Waals surface area contributed by atoms with Crippen molar-refractivity contribution in [1.82, 2.24) is 0 Å². The number of allylic oxidation sites excluding steroid dienone is 2. The van der Waals surface area contributed by atoms with Crippen LogP contribution in [0.2, 0.25) is 0 Å². The van der Waals surface area contributed by atoms with Crippen molar-refractivity contribution in [1.29, 1.82) is 0 Å². The van der Waals surface area contributed by atoms with Gasteiger partial charge < -0.3 is 28.4 Å². The predicted octanol–water partition coefficient (Wildman–Crippen LogP) is 9.89. The van der Waals surface area contributed by atoms with E-state index in [4.69, 9.17) is 9.73 Å². The van der Waals surface area contributed by atoms with Crippen molar-refractivity contribution in [3.63, 3.8) is 0 Å². The van der Waals surface area contributed by atoms with Crippen LogP contribution < -0.4 is 0 Å². The van der Waals surface area contributed by atoms with Crippen molar-refractivity contribution in [3.8, 4) is 0 Å². The van der Waals surface area contributed by atoms with Gasteiger partial charge in [-0.2, -0.15) is 12.8 Å². The Bertz CT molecular complexity index is 1020. The number of ether oxygens (including phenoxy) is 1. The van der Waals surface area contributed by atoms with Crippen LogP contribution >= 0.6 is 0 Å². The van der Waals surface area contributed by atoms with E-state index in [1.807, 2.05) is 30.3 Å². The molecule has 3 nitrogen and oxygen atoms in total. The molecule has 0 saturated heterocycles. The Morgan fingerprint density at radius 3 is 1.95 bits per heavy atom. The second-order valence-corrected chi connectivity index (χ2v) is 9.61. The van der Waals surface area contributed by atoms with Gasteiger partial charge in [0.2, 0.25) is 5.78 Å². The number of hydrogen-bond acceptors (Lipinski definition) is 3.